The molecule has 0 saturated carbocycles. The maximum absolute atomic E-state index is 13.7. The van der Waals surface area contributed by atoms with Crippen LogP contribution in [0.5, 0.6) is 0 Å². The van der Waals surface area contributed by atoms with Gasteiger partial charge in [-0.3, -0.25) is 24.2 Å². The Morgan fingerprint density at radius 1 is 0.974 bits per heavy atom. The first kappa shape index (κ1) is 27.7. The molecular weight excluding hydrogens is 541 g/mol. The van der Waals surface area contributed by atoms with Crippen LogP contribution >= 0.6 is 23.2 Å². The second-order valence-corrected chi connectivity index (χ2v) is 10.6. The minimum Gasteiger partial charge on any atom is -0.383 e. The lowest BCUT2D eigenvalue weighted by molar-refractivity contribution is -0.198. The van der Waals surface area contributed by atoms with Gasteiger partial charge in [0.1, 0.15) is 24.9 Å². The number of halogens is 2. The van der Waals surface area contributed by atoms with E-state index >= 15 is 0 Å². The second kappa shape index (κ2) is 12.1. The number of amides is 1. The minimum atomic E-state index is -1.39. The average Bonchev–Trinajstić information content (AvgIpc) is 3.20. The predicted octanol–water partition coefficient (Wildman–Crippen LogP) is 4.61. The quantitative estimate of drug-likeness (QED) is 0.381. The van der Waals surface area contributed by atoms with Crippen LogP contribution in [-0.2, 0) is 26.4 Å². The Morgan fingerprint density at radius 2 is 1.69 bits per heavy atom. The molecule has 2 aliphatic heterocycles. The van der Waals surface area contributed by atoms with Crippen LogP contribution < -0.4 is 0 Å². The number of aliphatic hydroxyl groups is 1. The first-order valence-electron chi connectivity index (χ1n) is 12.9. The third-order valence-corrected chi connectivity index (χ3v) is 7.59. The number of hydroxylamine groups is 4. The van der Waals surface area contributed by atoms with Gasteiger partial charge in [-0.2, -0.15) is 5.06 Å². The van der Waals surface area contributed by atoms with E-state index in [1.807, 2.05) is 24.3 Å². The van der Waals surface area contributed by atoms with Crippen LogP contribution in [0.3, 0.4) is 0 Å². The van der Waals surface area contributed by atoms with Gasteiger partial charge >= 0.3 is 0 Å². The standard InChI is InChI=1S/C29H29Cl2N3O5/c30-21-10-8-20(9-11-21)29(16-23-13-12-22(31)17-32-23)25-7-3-2-6-24(25)28(37)34(29)39-19-27(36)26(35)18-38-33-14-4-1-5-15-33/h2-3,6-13,17,26,35H,1,4-5,14-16,18-19H2/t26?,29-/m1/s1. The molecule has 3 aromatic rings. The van der Waals surface area contributed by atoms with Crippen molar-refractivity contribution in [2.45, 2.75) is 37.3 Å². The number of piperidine rings is 1. The summed E-state index contributed by atoms with van der Waals surface area (Å²) >= 11 is 12.3. The third kappa shape index (κ3) is 5.87. The summed E-state index contributed by atoms with van der Waals surface area (Å²) in [6, 6.07) is 17.9. The number of Topliss-reactive ketones (excluding diaryl/α,β-unsaturated/α-hetero) is 1. The Kier molecular flexibility index (Phi) is 8.61. The molecule has 1 aromatic heterocycles. The SMILES string of the molecule is O=C(CON1C(=O)c2ccccc2[C@@]1(Cc1ccc(Cl)cn1)c1ccc(Cl)cc1)C(O)CON1CCCCC1. The minimum absolute atomic E-state index is 0.173. The summed E-state index contributed by atoms with van der Waals surface area (Å²) < 4.78 is 0. The molecule has 0 spiro atoms. The van der Waals surface area contributed by atoms with Crippen molar-refractivity contribution in [3.05, 3.63) is 99.3 Å². The molecule has 2 aliphatic rings. The number of fused-ring (bicyclic) bond motifs is 1. The van der Waals surface area contributed by atoms with E-state index in [1.54, 1.807) is 47.7 Å². The van der Waals surface area contributed by atoms with Gasteiger partial charge in [0.2, 0.25) is 0 Å². The van der Waals surface area contributed by atoms with Gasteiger partial charge < -0.3 is 5.11 Å². The Hall–Kier alpha value is -2.85. The normalized spacial score (nSPS) is 20.2. The molecule has 1 amide bonds. The average molecular weight is 570 g/mol. The first-order valence-corrected chi connectivity index (χ1v) is 13.7. The fraction of sp³-hybridized carbons (Fsp3) is 0.345. The highest BCUT2D eigenvalue weighted by atomic mass is 35.5. The van der Waals surface area contributed by atoms with E-state index in [0.29, 0.717) is 26.9 Å². The summed E-state index contributed by atoms with van der Waals surface area (Å²) in [4.78, 5) is 42.7. The van der Waals surface area contributed by atoms with Gasteiger partial charge in [0.05, 0.1) is 5.02 Å². The van der Waals surface area contributed by atoms with Gasteiger partial charge in [0, 0.05) is 42.0 Å². The number of rotatable bonds is 10. The highest BCUT2D eigenvalue weighted by molar-refractivity contribution is 6.30. The van der Waals surface area contributed by atoms with Gasteiger partial charge in [-0.25, -0.2) is 5.06 Å². The van der Waals surface area contributed by atoms with Crippen LogP contribution in [0.4, 0.5) is 0 Å². The van der Waals surface area contributed by atoms with Crippen LogP contribution in [-0.4, -0.2) is 64.3 Å². The van der Waals surface area contributed by atoms with Crippen LogP contribution in [0.15, 0.2) is 66.9 Å². The molecule has 204 valence electrons. The van der Waals surface area contributed by atoms with Crippen molar-refractivity contribution in [2.24, 2.45) is 0 Å². The molecule has 2 aromatic carbocycles. The summed E-state index contributed by atoms with van der Waals surface area (Å²) in [5, 5.41) is 14.5. The molecule has 3 heterocycles. The van der Waals surface area contributed by atoms with Crippen LogP contribution in [0.25, 0.3) is 0 Å². The lowest BCUT2D eigenvalue weighted by Crippen LogP contribution is -2.48. The monoisotopic (exact) mass is 569 g/mol. The molecule has 0 aliphatic carbocycles. The van der Waals surface area contributed by atoms with Crippen molar-refractivity contribution in [1.82, 2.24) is 15.1 Å². The summed E-state index contributed by atoms with van der Waals surface area (Å²) in [6.07, 6.45) is 3.56. The molecule has 1 saturated heterocycles. The van der Waals surface area contributed by atoms with Crippen molar-refractivity contribution < 1.29 is 24.4 Å². The number of carbonyl (C=O) groups is 2. The third-order valence-electron chi connectivity index (χ3n) is 7.12. The number of hydrogen-bond acceptors (Lipinski definition) is 7. The van der Waals surface area contributed by atoms with Crippen molar-refractivity contribution in [3.63, 3.8) is 0 Å². The molecule has 39 heavy (non-hydrogen) atoms. The lowest BCUT2D eigenvalue weighted by atomic mass is 9.79. The number of pyridine rings is 1. The van der Waals surface area contributed by atoms with Crippen molar-refractivity contribution >= 4 is 34.9 Å². The molecule has 1 unspecified atom stereocenters. The number of benzene rings is 2. The van der Waals surface area contributed by atoms with Crippen LogP contribution in [0, 0.1) is 0 Å². The molecule has 2 atom stereocenters. The van der Waals surface area contributed by atoms with E-state index in [2.05, 4.69) is 4.98 Å². The summed E-state index contributed by atoms with van der Waals surface area (Å²) in [7, 11) is 0. The van der Waals surface area contributed by atoms with Gasteiger partial charge in [-0.15, -0.1) is 0 Å². The number of aromatic nitrogens is 1. The molecule has 10 heteroatoms. The van der Waals surface area contributed by atoms with Gasteiger partial charge in [-0.1, -0.05) is 60.0 Å². The highest BCUT2D eigenvalue weighted by Crippen LogP contribution is 2.46. The zero-order chi connectivity index (χ0) is 27.4. The summed E-state index contributed by atoms with van der Waals surface area (Å²) in [6.45, 7) is 0.835. The zero-order valence-corrected chi connectivity index (χ0v) is 22.8. The fourth-order valence-corrected chi connectivity index (χ4v) is 5.36. The topological polar surface area (TPSA) is 92.2 Å². The van der Waals surface area contributed by atoms with Crippen molar-refractivity contribution in [1.29, 1.82) is 0 Å². The zero-order valence-electron chi connectivity index (χ0n) is 21.3. The molecule has 0 radical (unpaired) electrons. The molecule has 1 N–H and O–H groups in total. The maximum atomic E-state index is 13.7. The molecule has 5 rings (SSSR count). The Labute approximate surface area is 237 Å². The van der Waals surface area contributed by atoms with E-state index in [1.165, 1.54) is 5.06 Å². The van der Waals surface area contributed by atoms with Crippen molar-refractivity contribution in [3.8, 4) is 0 Å². The fourth-order valence-electron chi connectivity index (χ4n) is 5.12. The Bertz CT molecular complexity index is 1320. The number of carbonyl (C=O) groups excluding carboxylic acids is 2. The second-order valence-electron chi connectivity index (χ2n) is 9.70. The Balaban J connectivity index is 1.44. The van der Waals surface area contributed by atoms with Crippen LogP contribution in [0.2, 0.25) is 10.0 Å². The highest BCUT2D eigenvalue weighted by Gasteiger charge is 2.52. The van der Waals surface area contributed by atoms with Gasteiger partial charge in [0.15, 0.2) is 5.78 Å². The predicted molar refractivity (Wildman–Crippen MR) is 146 cm³/mol. The molecule has 8 nitrogen and oxygen atoms in total. The van der Waals surface area contributed by atoms with E-state index in [0.717, 1.165) is 37.9 Å². The van der Waals surface area contributed by atoms with E-state index in [-0.39, 0.29) is 13.0 Å². The maximum Gasteiger partial charge on any atom is 0.279 e. The van der Waals surface area contributed by atoms with Gasteiger partial charge in [-0.05, 0) is 54.3 Å². The number of aliphatic hydroxyl groups excluding tert-OH is 1. The number of ketones is 1. The number of nitrogens with zero attached hydrogens (tertiary/aromatic N) is 3. The largest absolute Gasteiger partial charge is 0.383 e. The summed E-state index contributed by atoms with van der Waals surface area (Å²) in [5.74, 6) is -0.994. The molecular formula is C29H29Cl2N3O5. The van der Waals surface area contributed by atoms with Crippen molar-refractivity contribution in [2.75, 3.05) is 26.3 Å². The Morgan fingerprint density at radius 3 is 2.41 bits per heavy atom. The first-order chi connectivity index (χ1) is 18.9. The molecule has 1 fully saturated rings. The summed E-state index contributed by atoms with van der Waals surface area (Å²) in [5.41, 5.74) is 1.38. The lowest BCUT2D eigenvalue weighted by Gasteiger charge is -2.38. The van der Waals surface area contributed by atoms with E-state index < -0.39 is 29.9 Å². The van der Waals surface area contributed by atoms with Crippen LogP contribution in [0.1, 0.15) is 46.4 Å². The molecule has 0 bridgehead atoms. The smallest absolute Gasteiger partial charge is 0.279 e. The number of hydrogen-bond donors (Lipinski definition) is 1. The van der Waals surface area contributed by atoms with E-state index in [9.17, 15) is 14.7 Å². The van der Waals surface area contributed by atoms with Gasteiger partial charge in [0.25, 0.3) is 5.91 Å². The van der Waals surface area contributed by atoms with E-state index in [4.69, 9.17) is 32.9 Å².